The van der Waals surface area contributed by atoms with E-state index >= 15 is 0 Å². The number of guanidine groups is 1. The number of halogens is 2. The molecule has 0 radical (unpaired) electrons. The molecule has 2 aliphatic heterocycles. The molecule has 31 nitrogen and oxygen atoms in total. The number of nitrogens with two attached hydrogens (primary N) is 1. The van der Waals surface area contributed by atoms with E-state index in [2.05, 4.69) is 52.8 Å². The second kappa shape index (κ2) is 40.5. The number of ether oxygens (including phenoxy) is 1. The first-order valence-electron chi connectivity index (χ1n) is 31.3. The Balaban J connectivity index is 1.07. The van der Waals surface area contributed by atoms with E-state index in [-0.39, 0.29) is 174 Å². The second-order valence-electron chi connectivity index (χ2n) is 22.6. The van der Waals surface area contributed by atoms with Crippen LogP contribution in [0.2, 0.25) is 0 Å². The number of carbonyl (C=O) groups excluding carboxylic acids is 8. The molecule has 2 aliphatic rings. The van der Waals surface area contributed by atoms with Gasteiger partial charge in [-0.1, -0.05) is 49.4 Å². The third-order valence-electron chi connectivity index (χ3n) is 15.2. The molecule has 0 bridgehead atoms. The minimum atomic E-state index is -1.28. The summed E-state index contributed by atoms with van der Waals surface area (Å²) >= 11 is 0. The highest BCUT2D eigenvalue weighted by Crippen LogP contribution is 2.29. The highest BCUT2D eigenvalue weighted by Gasteiger charge is 2.35. The molecule has 0 spiro atoms. The van der Waals surface area contributed by atoms with E-state index in [4.69, 9.17) is 10.5 Å². The van der Waals surface area contributed by atoms with Crippen molar-refractivity contribution >= 4 is 71.2 Å². The molecular weight excluding hydrogens is 1250 g/mol. The zero-order valence-electron chi connectivity index (χ0n) is 53.0. The Morgan fingerprint density at radius 3 is 1.73 bits per heavy atom. The number of benzene rings is 3. The topological polar surface area (TPSA) is 438 Å². The van der Waals surface area contributed by atoms with E-state index in [0.717, 1.165) is 0 Å². The number of carbonyl (C=O) groups is 11. The maximum atomic E-state index is 14.7. The number of urea groups is 1. The maximum absolute atomic E-state index is 14.7. The third-order valence-corrected chi connectivity index (χ3v) is 15.2. The summed E-state index contributed by atoms with van der Waals surface area (Å²) in [4.78, 5) is 149. The minimum Gasteiger partial charge on any atom is -0.508 e. The van der Waals surface area contributed by atoms with Gasteiger partial charge in [0.2, 0.25) is 41.4 Å². The highest BCUT2D eigenvalue weighted by molar-refractivity contribution is 5.99. The molecule has 520 valence electrons. The average Bonchev–Trinajstić information content (AvgIpc) is 0.846. The molecule has 33 heteroatoms. The largest absolute Gasteiger partial charge is 0.508 e. The Bertz CT molecular complexity index is 3080. The number of nitrogens with zero attached hydrogens (tertiary/aromatic N) is 5. The van der Waals surface area contributed by atoms with Crippen molar-refractivity contribution in [3.63, 3.8) is 0 Å². The summed E-state index contributed by atoms with van der Waals surface area (Å²) in [5.41, 5.74) is 6.39. The number of hydrogen-bond donors (Lipinski definition) is 14. The van der Waals surface area contributed by atoms with Crippen molar-refractivity contribution in [2.75, 3.05) is 118 Å². The van der Waals surface area contributed by atoms with Gasteiger partial charge >= 0.3 is 23.9 Å². The lowest BCUT2D eigenvalue weighted by Crippen LogP contribution is -2.62. The van der Waals surface area contributed by atoms with Crippen molar-refractivity contribution in [3.8, 4) is 11.5 Å². The van der Waals surface area contributed by atoms with Crippen LogP contribution in [0.3, 0.4) is 0 Å². The highest BCUT2D eigenvalue weighted by atomic mass is 19.1. The van der Waals surface area contributed by atoms with E-state index in [1.165, 1.54) is 0 Å². The molecule has 1 unspecified atom stereocenters. The van der Waals surface area contributed by atoms with Gasteiger partial charge in [0, 0.05) is 116 Å². The van der Waals surface area contributed by atoms with Gasteiger partial charge in [0.05, 0.1) is 45.1 Å². The van der Waals surface area contributed by atoms with Crippen LogP contribution in [0.15, 0.2) is 71.7 Å². The van der Waals surface area contributed by atoms with E-state index in [1.807, 2.05) is 0 Å². The summed E-state index contributed by atoms with van der Waals surface area (Å²) in [7, 11) is 0. The zero-order chi connectivity index (χ0) is 69.2. The van der Waals surface area contributed by atoms with Crippen LogP contribution < -0.4 is 58.3 Å². The fourth-order valence-corrected chi connectivity index (χ4v) is 10.2. The predicted octanol–water partition coefficient (Wildman–Crippen LogP) is -1.46. The lowest BCUT2D eigenvalue weighted by atomic mass is 9.90. The number of aliphatic carboxylic acids is 3. The molecule has 15 N–H and O–H groups in total. The number of hydrogen-bond acceptors (Lipinski definition) is 17. The maximum Gasteiger partial charge on any atom is 0.344 e. The predicted molar refractivity (Wildman–Crippen MR) is 339 cm³/mol. The molecule has 0 aliphatic carbocycles. The van der Waals surface area contributed by atoms with Gasteiger partial charge in [-0.3, -0.25) is 67.5 Å². The Morgan fingerprint density at radius 1 is 0.600 bits per heavy atom. The van der Waals surface area contributed by atoms with Gasteiger partial charge in [-0.15, -0.1) is 0 Å². The first-order valence-corrected chi connectivity index (χ1v) is 31.3. The number of unbranched alkanes of at least 4 members (excludes halogenated alkanes) is 1. The van der Waals surface area contributed by atoms with Crippen molar-refractivity contribution in [3.05, 3.63) is 95.1 Å². The summed E-state index contributed by atoms with van der Waals surface area (Å²) < 4.78 is 35.4. The average molecular weight is 1340 g/mol. The Hall–Kier alpha value is -9.60. The number of aromatic hydroxyl groups is 1. The van der Waals surface area contributed by atoms with Crippen molar-refractivity contribution in [2.24, 2.45) is 10.7 Å². The summed E-state index contributed by atoms with van der Waals surface area (Å²) in [5.74, 6) is -10.5. The van der Waals surface area contributed by atoms with E-state index < -0.39 is 107 Å². The van der Waals surface area contributed by atoms with Gasteiger partial charge < -0.3 is 78.7 Å². The number of phenolic OH excluding ortho intramolecular Hbond substituents is 1. The first kappa shape index (κ1) is 76.1. The van der Waals surface area contributed by atoms with Gasteiger partial charge in [-0.05, 0) is 61.8 Å². The van der Waals surface area contributed by atoms with Crippen molar-refractivity contribution in [1.82, 2.24) is 67.5 Å². The third kappa shape index (κ3) is 28.7. The van der Waals surface area contributed by atoms with Gasteiger partial charge in [0.25, 0.3) is 0 Å². The Kier molecular flexibility index (Phi) is 32.4. The second-order valence-corrected chi connectivity index (χ2v) is 22.6. The smallest absolute Gasteiger partial charge is 0.344 e. The van der Waals surface area contributed by atoms with E-state index in [9.17, 15) is 81.9 Å². The number of piperazine rings is 1. The van der Waals surface area contributed by atoms with Gasteiger partial charge in [-0.25, -0.2) is 13.6 Å². The first-order chi connectivity index (χ1) is 45.5. The molecule has 5 rings (SSSR count). The van der Waals surface area contributed by atoms with Crippen LogP contribution in [0, 0.1) is 11.6 Å². The van der Waals surface area contributed by atoms with Gasteiger partial charge in [-0.2, -0.15) is 4.99 Å². The number of rotatable bonds is 35. The molecule has 3 aromatic rings. The lowest BCUT2D eigenvalue weighted by Gasteiger charge is -2.32. The molecule has 9 amide bonds. The van der Waals surface area contributed by atoms with Crippen molar-refractivity contribution in [2.45, 2.75) is 88.9 Å². The quantitative estimate of drug-likeness (QED) is 0.0182. The van der Waals surface area contributed by atoms with Crippen LogP contribution in [0.5, 0.6) is 11.5 Å². The standard InChI is InChI=1S/C62H87F2N15O16/c1-2-50(81)68-20-21-70-62(94)75-61(65)69-19-10-15-47(57(90)71-35-44-45(63)32-42(80)33-46(44)64)73-60(93)56(40-11-4-3-5-12-40)41-13-8-14-43(31-41)95-30-7-6-17-66-51(82)34-49-59(92)72-48(58(91)74-49)16-9-18-67-52(83)36-76-22-24-77(37-53(84)85)26-28-79(39-55(88)89)29-27-78(25-23-76)38-54(86)87/h3-5,8,11-14,31-33,47-49,56,80H,2,6-7,9-10,15-30,34-39H2,1H3,(H,66,82)(H,67,83)(H,68,81)(H,71,90)(H,72,92)(H,73,93)(H,74,91)(H,84,85)(H,86,87)(H,88,89)(H4,65,69,70,75,94)/t47-,48-,49-,56?/m1/s1. The van der Waals surface area contributed by atoms with E-state index in [1.54, 1.807) is 81.1 Å². The van der Waals surface area contributed by atoms with Crippen LogP contribution in [0.1, 0.15) is 80.9 Å². The number of carboxylic acids is 3. The SMILES string of the molecule is CCC(=O)NCCNC(=O)/N=C(/N)NCCC[C@@H](NC(=O)C(c1ccccc1)c1cccc(OCCCCNC(=O)C[C@H]2NC(=O)[C@@H](CCCNC(=O)CN3CCN(CC(=O)O)CCN(CC(=O)O)CCN(CC(=O)O)CC3)NC2=O)c1)C(=O)NCc1c(F)cc(O)cc1F. The monoisotopic (exact) mass is 1340 g/mol. The molecule has 3 aromatic carbocycles. The van der Waals surface area contributed by atoms with Crippen molar-refractivity contribution in [1.29, 1.82) is 0 Å². The minimum absolute atomic E-state index is 0.0392. The fourth-order valence-electron chi connectivity index (χ4n) is 10.2. The normalized spacial score (nSPS) is 16.8. The van der Waals surface area contributed by atoms with Crippen LogP contribution >= 0.6 is 0 Å². The number of amides is 9. The number of carboxylic acid groups (broad SMARTS) is 3. The van der Waals surface area contributed by atoms with Crippen LogP contribution in [-0.2, 0) is 54.5 Å². The Labute approximate surface area is 547 Å². The summed E-state index contributed by atoms with van der Waals surface area (Å²) in [6, 6.07) is 12.7. The molecule has 4 atom stereocenters. The summed E-state index contributed by atoms with van der Waals surface area (Å²) in [6.45, 7) is 2.77. The lowest BCUT2D eigenvalue weighted by molar-refractivity contribution is -0.140. The molecular formula is C62H87F2N15O16. The fraction of sp³-hybridized carbons (Fsp3) is 0.516. The number of nitrogens with one attached hydrogen (secondary N) is 9. The van der Waals surface area contributed by atoms with Gasteiger partial charge in [0.1, 0.15) is 41.3 Å². The van der Waals surface area contributed by atoms with Crippen LogP contribution in [-0.4, -0.2) is 247 Å². The van der Waals surface area contributed by atoms with E-state index in [0.29, 0.717) is 41.9 Å². The molecule has 2 heterocycles. The summed E-state index contributed by atoms with van der Waals surface area (Å²) in [6.07, 6.45) is 1.43. The summed E-state index contributed by atoms with van der Waals surface area (Å²) in [5, 5.41) is 62.0. The van der Waals surface area contributed by atoms with Crippen LogP contribution in [0.25, 0.3) is 0 Å². The van der Waals surface area contributed by atoms with Crippen LogP contribution in [0.4, 0.5) is 13.6 Å². The molecule has 0 aromatic heterocycles. The molecule has 0 saturated carbocycles. The molecule has 2 fully saturated rings. The number of phenols is 1. The molecule has 95 heavy (non-hydrogen) atoms. The number of aliphatic imine (C=N–C) groups is 1. The Morgan fingerprint density at radius 2 is 1.13 bits per heavy atom. The zero-order valence-corrected chi connectivity index (χ0v) is 53.0. The van der Waals surface area contributed by atoms with Crippen molar-refractivity contribution < 1.29 is 86.7 Å². The molecule has 2 saturated heterocycles. The van der Waals surface area contributed by atoms with Gasteiger partial charge in [0.15, 0.2) is 5.96 Å².